The Hall–Kier alpha value is -1.57. The maximum absolute atomic E-state index is 13.3. The maximum Gasteiger partial charge on any atom is 0.409 e. The number of nitrogens with zero attached hydrogens (tertiary/aromatic N) is 1. The van der Waals surface area contributed by atoms with Crippen molar-refractivity contribution in [2.45, 2.75) is 18.0 Å². The van der Waals surface area contributed by atoms with Crippen molar-refractivity contribution in [3.8, 4) is 0 Å². The molecule has 0 aliphatic carbocycles. The van der Waals surface area contributed by atoms with E-state index in [2.05, 4.69) is 4.99 Å². The molecule has 3 nitrogen and oxygen atoms in total. The first-order valence-electron chi connectivity index (χ1n) is 5.20. The third-order valence-corrected chi connectivity index (χ3v) is 3.52. The number of benzene rings is 1. The Morgan fingerprint density at radius 2 is 2.00 bits per heavy atom. The molecule has 1 aliphatic heterocycles. The molecule has 1 heterocycles. The first-order chi connectivity index (χ1) is 8.88. The normalized spacial score (nSPS) is 21.8. The summed E-state index contributed by atoms with van der Waals surface area (Å²) in [6.07, 6.45) is -4.62. The molecule has 1 fully saturated rings. The van der Waals surface area contributed by atoms with Gasteiger partial charge in [-0.05, 0) is 6.07 Å². The number of hydrogen-bond donors (Lipinski definition) is 1. The van der Waals surface area contributed by atoms with E-state index in [9.17, 15) is 22.4 Å². The summed E-state index contributed by atoms with van der Waals surface area (Å²) in [5.41, 5.74) is 0.250. The minimum atomic E-state index is -4.62. The van der Waals surface area contributed by atoms with Crippen molar-refractivity contribution in [1.82, 2.24) is 5.32 Å². The SMILES string of the molecule is O=C1NC(=NCc2ccccc2F)SC1C(F)(F)F. The zero-order valence-corrected chi connectivity index (χ0v) is 10.2. The minimum Gasteiger partial charge on any atom is -0.304 e. The molecular weight excluding hydrogens is 284 g/mol. The molecule has 1 amide bonds. The van der Waals surface area contributed by atoms with Crippen LogP contribution in [0.15, 0.2) is 29.3 Å². The van der Waals surface area contributed by atoms with E-state index >= 15 is 0 Å². The summed E-state index contributed by atoms with van der Waals surface area (Å²) in [4.78, 5) is 14.9. The zero-order chi connectivity index (χ0) is 14.0. The summed E-state index contributed by atoms with van der Waals surface area (Å²) in [5, 5.41) is -0.258. The van der Waals surface area contributed by atoms with Gasteiger partial charge in [0.15, 0.2) is 10.4 Å². The van der Waals surface area contributed by atoms with Crippen molar-refractivity contribution in [2.75, 3.05) is 0 Å². The zero-order valence-electron chi connectivity index (χ0n) is 9.37. The lowest BCUT2D eigenvalue weighted by molar-refractivity contribution is -0.148. The number of thioether (sulfide) groups is 1. The number of aliphatic imine (C=N–C) groups is 1. The van der Waals surface area contributed by atoms with Crippen LogP contribution in [0.3, 0.4) is 0 Å². The summed E-state index contributed by atoms with van der Waals surface area (Å²) in [7, 11) is 0. The number of rotatable bonds is 2. The molecule has 1 N–H and O–H groups in total. The monoisotopic (exact) mass is 292 g/mol. The van der Waals surface area contributed by atoms with Crippen LogP contribution >= 0.6 is 11.8 Å². The van der Waals surface area contributed by atoms with Gasteiger partial charge in [0.05, 0.1) is 6.54 Å². The third-order valence-electron chi connectivity index (χ3n) is 2.35. The van der Waals surface area contributed by atoms with Crippen LogP contribution in [0.25, 0.3) is 0 Å². The summed E-state index contributed by atoms with van der Waals surface area (Å²) >= 11 is 0.293. The second-order valence-corrected chi connectivity index (χ2v) is 4.84. The van der Waals surface area contributed by atoms with E-state index in [0.717, 1.165) is 0 Å². The lowest BCUT2D eigenvalue weighted by Crippen LogP contribution is -2.34. The fourth-order valence-electron chi connectivity index (χ4n) is 1.44. The summed E-state index contributed by atoms with van der Waals surface area (Å²) in [6, 6.07) is 5.80. The molecule has 1 unspecified atom stereocenters. The van der Waals surface area contributed by atoms with Crippen molar-refractivity contribution in [3.63, 3.8) is 0 Å². The van der Waals surface area contributed by atoms with E-state index in [0.29, 0.717) is 11.8 Å². The Morgan fingerprint density at radius 1 is 1.32 bits per heavy atom. The van der Waals surface area contributed by atoms with E-state index < -0.39 is 23.2 Å². The highest BCUT2D eigenvalue weighted by Crippen LogP contribution is 2.34. The van der Waals surface area contributed by atoms with Crippen LogP contribution in [0.1, 0.15) is 5.56 Å². The average Bonchev–Trinajstić information content (AvgIpc) is 2.69. The predicted octanol–water partition coefficient (Wildman–Crippen LogP) is 2.48. The van der Waals surface area contributed by atoms with Gasteiger partial charge in [-0.15, -0.1) is 0 Å². The molecule has 0 spiro atoms. The predicted molar refractivity (Wildman–Crippen MR) is 63.1 cm³/mol. The average molecular weight is 292 g/mol. The molecule has 1 aromatic carbocycles. The first-order valence-corrected chi connectivity index (χ1v) is 6.08. The molecule has 0 aromatic heterocycles. The van der Waals surface area contributed by atoms with Crippen LogP contribution in [-0.4, -0.2) is 22.5 Å². The van der Waals surface area contributed by atoms with Crippen LogP contribution in [-0.2, 0) is 11.3 Å². The van der Waals surface area contributed by atoms with Crippen LogP contribution in [0.4, 0.5) is 17.6 Å². The van der Waals surface area contributed by atoms with E-state index in [1.54, 1.807) is 6.07 Å². The smallest absolute Gasteiger partial charge is 0.304 e. The Morgan fingerprint density at radius 3 is 2.58 bits per heavy atom. The molecule has 102 valence electrons. The second kappa shape index (κ2) is 5.20. The van der Waals surface area contributed by atoms with Gasteiger partial charge in [-0.2, -0.15) is 13.2 Å². The Bertz CT molecular complexity index is 530. The number of halogens is 4. The van der Waals surface area contributed by atoms with Gasteiger partial charge in [-0.25, -0.2) is 4.39 Å². The van der Waals surface area contributed by atoms with Crippen molar-refractivity contribution < 1.29 is 22.4 Å². The number of alkyl halides is 3. The molecule has 1 aliphatic rings. The fourth-order valence-corrected chi connectivity index (χ4v) is 2.26. The number of amidine groups is 1. The topological polar surface area (TPSA) is 41.5 Å². The molecule has 8 heteroatoms. The van der Waals surface area contributed by atoms with E-state index in [1.165, 1.54) is 18.2 Å². The van der Waals surface area contributed by atoms with Crippen LogP contribution in [0.5, 0.6) is 0 Å². The largest absolute Gasteiger partial charge is 0.409 e. The van der Waals surface area contributed by atoms with Gasteiger partial charge in [0.2, 0.25) is 5.91 Å². The highest BCUT2D eigenvalue weighted by Gasteiger charge is 2.50. The molecule has 1 atom stereocenters. The second-order valence-electron chi connectivity index (χ2n) is 3.74. The first kappa shape index (κ1) is 13.9. The molecule has 0 radical (unpaired) electrons. The molecule has 1 saturated heterocycles. The van der Waals surface area contributed by atoms with Gasteiger partial charge in [0.1, 0.15) is 5.82 Å². The molecule has 2 rings (SSSR count). The van der Waals surface area contributed by atoms with Crippen LogP contribution in [0.2, 0.25) is 0 Å². The standard InChI is InChI=1S/C11H8F4N2OS/c12-7-4-2-1-3-6(7)5-16-10-17-9(18)8(19-10)11(13,14)15/h1-4,8H,5H2,(H,16,17,18). The molecule has 19 heavy (non-hydrogen) atoms. The molecule has 0 bridgehead atoms. The number of nitrogens with one attached hydrogen (secondary N) is 1. The molecular formula is C11H8F4N2OS. The fraction of sp³-hybridized carbons (Fsp3) is 0.273. The van der Waals surface area contributed by atoms with Gasteiger partial charge in [-0.1, -0.05) is 30.0 Å². The summed E-state index contributed by atoms with van der Waals surface area (Å²) < 4.78 is 50.5. The number of carbonyl (C=O) groups excluding carboxylic acids is 1. The van der Waals surface area contributed by atoms with E-state index in [-0.39, 0.29) is 17.3 Å². The maximum atomic E-state index is 13.3. The van der Waals surface area contributed by atoms with Gasteiger partial charge < -0.3 is 5.32 Å². The molecule has 1 aromatic rings. The highest BCUT2D eigenvalue weighted by atomic mass is 32.2. The van der Waals surface area contributed by atoms with Crippen LogP contribution in [0, 0.1) is 5.82 Å². The van der Waals surface area contributed by atoms with Gasteiger partial charge in [0.25, 0.3) is 0 Å². The van der Waals surface area contributed by atoms with Gasteiger partial charge >= 0.3 is 6.18 Å². The quantitative estimate of drug-likeness (QED) is 0.851. The Balaban J connectivity index is 2.07. The van der Waals surface area contributed by atoms with Gasteiger partial charge in [-0.3, -0.25) is 9.79 Å². The van der Waals surface area contributed by atoms with E-state index in [4.69, 9.17) is 0 Å². The highest BCUT2D eigenvalue weighted by molar-refractivity contribution is 8.15. The summed E-state index contributed by atoms with van der Waals surface area (Å²) in [6.45, 7) is -0.125. The van der Waals surface area contributed by atoms with Crippen molar-refractivity contribution in [2.24, 2.45) is 4.99 Å². The lowest BCUT2D eigenvalue weighted by atomic mass is 10.2. The number of amides is 1. The van der Waals surface area contributed by atoms with Crippen molar-refractivity contribution in [1.29, 1.82) is 0 Å². The number of carbonyl (C=O) groups is 1. The third kappa shape index (κ3) is 3.25. The Kier molecular flexibility index (Phi) is 3.79. The van der Waals surface area contributed by atoms with Crippen molar-refractivity contribution in [3.05, 3.63) is 35.6 Å². The van der Waals surface area contributed by atoms with Crippen molar-refractivity contribution >= 4 is 22.8 Å². The summed E-state index contributed by atoms with van der Waals surface area (Å²) in [5.74, 6) is -1.64. The molecule has 0 saturated carbocycles. The van der Waals surface area contributed by atoms with Crippen LogP contribution < -0.4 is 5.32 Å². The minimum absolute atomic E-state index is 0.125. The lowest BCUT2D eigenvalue weighted by Gasteiger charge is -2.08. The van der Waals surface area contributed by atoms with E-state index in [1.807, 2.05) is 5.32 Å². The van der Waals surface area contributed by atoms with Gasteiger partial charge in [0, 0.05) is 5.56 Å². The Labute approximate surface area is 110 Å². The number of hydrogen-bond acceptors (Lipinski definition) is 3.